The van der Waals surface area contributed by atoms with Gasteiger partial charge < -0.3 is 15.5 Å². The minimum absolute atomic E-state index is 0.234. The van der Waals surface area contributed by atoms with E-state index in [4.69, 9.17) is 0 Å². The molecule has 0 aliphatic carbocycles. The van der Waals surface area contributed by atoms with Crippen molar-refractivity contribution in [1.82, 2.24) is 15.5 Å². The molecule has 5 heteroatoms. The highest BCUT2D eigenvalue weighted by Gasteiger charge is 2.17. The lowest BCUT2D eigenvalue weighted by atomic mass is 9.93. The van der Waals surface area contributed by atoms with Crippen LogP contribution in [0.25, 0.3) is 0 Å². The lowest BCUT2D eigenvalue weighted by Crippen LogP contribution is -2.47. The molecule has 0 saturated carbocycles. The molecule has 0 radical (unpaired) electrons. The van der Waals surface area contributed by atoms with Crippen molar-refractivity contribution in [3.63, 3.8) is 0 Å². The van der Waals surface area contributed by atoms with Gasteiger partial charge >= 0.3 is 0 Å². The Morgan fingerprint density at radius 3 is 2.54 bits per heavy atom. The zero-order valence-electron chi connectivity index (χ0n) is 16.0. The summed E-state index contributed by atoms with van der Waals surface area (Å²) in [5.41, 5.74) is 1.33. The smallest absolute Gasteiger partial charge is 0.220 e. The third-order valence-electron chi connectivity index (χ3n) is 5.71. The molecule has 2 aliphatic heterocycles. The van der Waals surface area contributed by atoms with E-state index in [1.54, 1.807) is 0 Å². The van der Waals surface area contributed by atoms with Gasteiger partial charge in [0, 0.05) is 44.8 Å². The number of rotatable bonds is 8. The van der Waals surface area contributed by atoms with Gasteiger partial charge in [-0.05, 0) is 63.4 Å². The first-order valence-electron chi connectivity index (χ1n) is 10.3. The lowest BCUT2D eigenvalue weighted by Gasteiger charge is -2.36. The first-order valence-corrected chi connectivity index (χ1v) is 10.3. The van der Waals surface area contributed by atoms with E-state index in [2.05, 4.69) is 50.8 Å². The normalized spacial score (nSPS) is 19.5. The van der Waals surface area contributed by atoms with Gasteiger partial charge in [0.05, 0.1) is 0 Å². The molecule has 0 atom stereocenters. The number of hydrogen-bond donors (Lipinski definition) is 2. The van der Waals surface area contributed by atoms with Crippen LogP contribution in [0.2, 0.25) is 0 Å². The zero-order chi connectivity index (χ0) is 18.0. The van der Waals surface area contributed by atoms with Crippen LogP contribution in [0.5, 0.6) is 0 Å². The standard InChI is InChI=1S/C21H34N4O/c26-21(8-7-19-9-12-22-13-10-19)23-11-4-14-24-15-17-25(18-16-24)20-5-2-1-3-6-20/h1-3,5-6,19,22H,4,7-18H2,(H,23,26). The van der Waals surface area contributed by atoms with Crippen molar-refractivity contribution in [2.45, 2.75) is 32.1 Å². The van der Waals surface area contributed by atoms with Crippen molar-refractivity contribution < 1.29 is 4.79 Å². The van der Waals surface area contributed by atoms with Gasteiger partial charge in [-0.3, -0.25) is 9.69 Å². The molecule has 0 bridgehead atoms. The van der Waals surface area contributed by atoms with E-state index in [-0.39, 0.29) is 5.91 Å². The minimum Gasteiger partial charge on any atom is -0.369 e. The molecule has 2 heterocycles. The number of nitrogens with one attached hydrogen (secondary N) is 2. The average molecular weight is 359 g/mol. The summed E-state index contributed by atoms with van der Waals surface area (Å²) in [6.45, 7) is 8.52. The summed E-state index contributed by atoms with van der Waals surface area (Å²) in [5, 5.41) is 6.48. The molecule has 2 N–H and O–H groups in total. The maximum Gasteiger partial charge on any atom is 0.220 e. The summed E-state index contributed by atoms with van der Waals surface area (Å²) < 4.78 is 0. The molecule has 2 saturated heterocycles. The van der Waals surface area contributed by atoms with Crippen molar-refractivity contribution in [2.24, 2.45) is 5.92 Å². The van der Waals surface area contributed by atoms with E-state index in [1.165, 1.54) is 18.5 Å². The molecule has 26 heavy (non-hydrogen) atoms. The Labute approximate surface area is 158 Å². The first kappa shape index (κ1) is 19.2. The second-order valence-electron chi connectivity index (χ2n) is 7.60. The fourth-order valence-corrected chi connectivity index (χ4v) is 3.99. The Bertz CT molecular complexity index is 522. The Morgan fingerprint density at radius 2 is 1.81 bits per heavy atom. The molecule has 0 aromatic heterocycles. The number of amides is 1. The second kappa shape index (κ2) is 10.5. The molecule has 0 unspecified atom stereocenters. The molecule has 1 aromatic rings. The Balaban J connectivity index is 1.22. The number of para-hydroxylation sites is 1. The molecule has 2 aliphatic rings. The fraction of sp³-hybridized carbons (Fsp3) is 0.667. The van der Waals surface area contributed by atoms with Gasteiger partial charge in [0.1, 0.15) is 0 Å². The summed E-state index contributed by atoms with van der Waals surface area (Å²) in [6.07, 6.45) is 5.24. The third kappa shape index (κ3) is 6.29. The maximum atomic E-state index is 12.0. The van der Waals surface area contributed by atoms with Crippen LogP contribution in [-0.4, -0.2) is 63.2 Å². The number of benzene rings is 1. The van der Waals surface area contributed by atoms with Crippen LogP contribution in [0.3, 0.4) is 0 Å². The number of carbonyl (C=O) groups is 1. The van der Waals surface area contributed by atoms with Crippen molar-refractivity contribution in [3.05, 3.63) is 30.3 Å². The number of carbonyl (C=O) groups excluding carboxylic acids is 1. The summed E-state index contributed by atoms with van der Waals surface area (Å²) >= 11 is 0. The zero-order valence-corrected chi connectivity index (χ0v) is 16.0. The van der Waals surface area contributed by atoms with E-state index in [1.807, 2.05) is 0 Å². The van der Waals surface area contributed by atoms with Crippen LogP contribution < -0.4 is 15.5 Å². The van der Waals surface area contributed by atoms with E-state index in [9.17, 15) is 4.79 Å². The summed E-state index contributed by atoms with van der Waals surface area (Å²) in [4.78, 5) is 17.0. The molecule has 144 valence electrons. The minimum atomic E-state index is 0.234. The van der Waals surface area contributed by atoms with Crippen molar-refractivity contribution >= 4 is 11.6 Å². The van der Waals surface area contributed by atoms with Crippen LogP contribution in [0.4, 0.5) is 5.69 Å². The molecule has 2 fully saturated rings. The van der Waals surface area contributed by atoms with Gasteiger partial charge in [0.2, 0.25) is 5.91 Å². The molecule has 0 spiro atoms. The van der Waals surface area contributed by atoms with Crippen molar-refractivity contribution in [1.29, 1.82) is 0 Å². The van der Waals surface area contributed by atoms with E-state index in [0.29, 0.717) is 6.42 Å². The molecular weight excluding hydrogens is 324 g/mol. The highest BCUT2D eigenvalue weighted by molar-refractivity contribution is 5.75. The molecular formula is C21H34N4O. The van der Waals surface area contributed by atoms with Crippen molar-refractivity contribution in [2.75, 3.05) is 57.3 Å². The monoisotopic (exact) mass is 358 g/mol. The number of hydrogen-bond acceptors (Lipinski definition) is 4. The average Bonchev–Trinajstić information content (AvgIpc) is 2.71. The quantitative estimate of drug-likeness (QED) is 0.699. The summed E-state index contributed by atoms with van der Waals surface area (Å²) in [6, 6.07) is 10.7. The predicted octanol–water partition coefficient (Wildman–Crippen LogP) is 2.09. The van der Waals surface area contributed by atoms with Gasteiger partial charge in [0.15, 0.2) is 0 Å². The van der Waals surface area contributed by atoms with E-state index >= 15 is 0 Å². The summed E-state index contributed by atoms with van der Waals surface area (Å²) in [7, 11) is 0. The Kier molecular flexibility index (Phi) is 7.77. The number of nitrogens with zero attached hydrogens (tertiary/aromatic N) is 2. The van der Waals surface area contributed by atoms with Crippen LogP contribution in [-0.2, 0) is 4.79 Å². The van der Waals surface area contributed by atoms with Gasteiger partial charge in [-0.1, -0.05) is 18.2 Å². The SMILES string of the molecule is O=C(CCC1CCNCC1)NCCCN1CCN(c2ccccc2)CC1. The fourth-order valence-electron chi connectivity index (χ4n) is 3.99. The maximum absolute atomic E-state index is 12.0. The summed E-state index contributed by atoms with van der Waals surface area (Å²) in [5.74, 6) is 0.973. The lowest BCUT2D eigenvalue weighted by molar-refractivity contribution is -0.121. The van der Waals surface area contributed by atoms with Crippen LogP contribution in [0.15, 0.2) is 30.3 Å². The largest absolute Gasteiger partial charge is 0.369 e. The highest BCUT2D eigenvalue weighted by atomic mass is 16.1. The van der Waals surface area contributed by atoms with Gasteiger partial charge in [-0.15, -0.1) is 0 Å². The van der Waals surface area contributed by atoms with E-state index < -0.39 is 0 Å². The number of piperidine rings is 1. The Morgan fingerprint density at radius 1 is 1.08 bits per heavy atom. The van der Waals surface area contributed by atoms with Crippen LogP contribution in [0.1, 0.15) is 32.1 Å². The van der Waals surface area contributed by atoms with Gasteiger partial charge in [0.25, 0.3) is 0 Å². The molecule has 1 aromatic carbocycles. The van der Waals surface area contributed by atoms with E-state index in [0.717, 1.165) is 71.1 Å². The second-order valence-corrected chi connectivity index (χ2v) is 7.60. The Hall–Kier alpha value is -1.59. The molecule has 1 amide bonds. The topological polar surface area (TPSA) is 47.6 Å². The van der Waals surface area contributed by atoms with Crippen LogP contribution in [0, 0.1) is 5.92 Å². The third-order valence-corrected chi connectivity index (χ3v) is 5.71. The molecule has 3 rings (SSSR count). The number of anilines is 1. The molecule has 5 nitrogen and oxygen atoms in total. The first-order chi connectivity index (χ1) is 12.8. The van der Waals surface area contributed by atoms with Crippen LogP contribution >= 0.6 is 0 Å². The van der Waals surface area contributed by atoms with Crippen molar-refractivity contribution in [3.8, 4) is 0 Å². The van der Waals surface area contributed by atoms with Gasteiger partial charge in [-0.2, -0.15) is 0 Å². The highest BCUT2D eigenvalue weighted by Crippen LogP contribution is 2.17. The van der Waals surface area contributed by atoms with Gasteiger partial charge in [-0.25, -0.2) is 0 Å². The predicted molar refractivity (Wildman–Crippen MR) is 108 cm³/mol. The number of piperazine rings is 1.